The van der Waals surface area contributed by atoms with Crippen molar-refractivity contribution in [2.45, 2.75) is 77.5 Å². The van der Waals surface area contributed by atoms with E-state index in [1.54, 1.807) is 59.4 Å². The summed E-state index contributed by atoms with van der Waals surface area (Å²) in [6.45, 7) is 16.2. The third kappa shape index (κ3) is 11.0. The van der Waals surface area contributed by atoms with Gasteiger partial charge in [0.05, 0.1) is 25.6 Å². The van der Waals surface area contributed by atoms with Crippen LogP contribution in [-0.4, -0.2) is 148 Å². The number of primary amides is 1. The zero-order chi connectivity index (χ0) is 54.5. The summed E-state index contributed by atoms with van der Waals surface area (Å²) in [5, 5.41) is 8.96. The van der Waals surface area contributed by atoms with Gasteiger partial charge in [-0.3, -0.25) is 24.0 Å². The molecule has 2 N–H and O–H groups in total. The predicted molar refractivity (Wildman–Crippen MR) is 292 cm³/mol. The lowest BCUT2D eigenvalue weighted by molar-refractivity contribution is -0.128. The van der Waals surface area contributed by atoms with Crippen molar-refractivity contribution in [3.63, 3.8) is 0 Å². The van der Waals surface area contributed by atoms with E-state index in [0.717, 1.165) is 91.4 Å². The summed E-state index contributed by atoms with van der Waals surface area (Å²) in [5.74, 6) is 0.934. The molecule has 2 saturated heterocycles. The SMILES string of the molecule is COc1ccc(-n2nc(C(N)=O)c3c2C(=O)N(C2CCN(c4ccccc4CN(C)C(C)=O)CC2)CC3)cc1.[C-]#[N+]c1nn(-c2ccc(OC)cc2)c2c1CCN(C1CCN(c3ccccc3CN(C)C(C)=O)CC1)C2=O. The first-order valence-electron chi connectivity index (χ1n) is 26.1. The Morgan fingerprint density at radius 1 is 0.610 bits per heavy atom. The molecule has 0 spiro atoms. The van der Waals surface area contributed by atoms with Crippen LogP contribution in [0.5, 0.6) is 11.5 Å². The van der Waals surface area contributed by atoms with Gasteiger partial charge in [0.25, 0.3) is 23.5 Å². The summed E-state index contributed by atoms with van der Waals surface area (Å²) < 4.78 is 13.7. The van der Waals surface area contributed by atoms with Gasteiger partial charge in [0.15, 0.2) is 5.69 Å². The van der Waals surface area contributed by atoms with E-state index in [-0.39, 0.29) is 41.4 Å². The van der Waals surface area contributed by atoms with E-state index in [0.29, 0.717) is 73.2 Å². The number of rotatable bonds is 13. The second-order valence-corrected chi connectivity index (χ2v) is 20.0. The second-order valence-electron chi connectivity index (χ2n) is 20.0. The largest absolute Gasteiger partial charge is 0.497 e. The second kappa shape index (κ2) is 23.1. The third-order valence-corrected chi connectivity index (χ3v) is 15.4. The van der Waals surface area contributed by atoms with Gasteiger partial charge in [-0.2, -0.15) is 9.78 Å². The maximum Gasteiger partial charge on any atom is 0.300 e. The predicted octanol–water partition coefficient (Wildman–Crippen LogP) is 6.70. The Kier molecular flexibility index (Phi) is 15.9. The molecule has 4 aromatic carbocycles. The normalized spacial score (nSPS) is 15.7. The summed E-state index contributed by atoms with van der Waals surface area (Å²) >= 11 is 0. The maximum absolute atomic E-state index is 13.9. The monoisotopic (exact) mass is 1040 g/mol. The highest BCUT2D eigenvalue weighted by Gasteiger charge is 2.40. The Balaban J connectivity index is 0.000000188. The van der Waals surface area contributed by atoms with Crippen LogP contribution in [0.4, 0.5) is 17.2 Å². The van der Waals surface area contributed by atoms with Crippen molar-refractivity contribution in [3.8, 4) is 22.9 Å². The van der Waals surface area contributed by atoms with Gasteiger partial charge in [0.1, 0.15) is 22.9 Å². The van der Waals surface area contributed by atoms with Crippen LogP contribution in [-0.2, 0) is 35.5 Å². The molecule has 2 fully saturated rings. The van der Waals surface area contributed by atoms with Gasteiger partial charge >= 0.3 is 0 Å². The average molecular weight is 1040 g/mol. The Morgan fingerprint density at radius 3 is 1.42 bits per heavy atom. The molecule has 0 saturated carbocycles. The Labute approximate surface area is 449 Å². The number of aromatic nitrogens is 4. The van der Waals surface area contributed by atoms with Gasteiger partial charge in [0, 0.05) is 115 Å². The molecule has 400 valence electrons. The van der Waals surface area contributed by atoms with Crippen LogP contribution in [0, 0.1) is 6.57 Å². The molecule has 4 aliphatic rings. The number of ether oxygens (including phenoxy) is 2. The van der Waals surface area contributed by atoms with Crippen LogP contribution in [0.2, 0.25) is 0 Å². The van der Waals surface area contributed by atoms with Crippen molar-refractivity contribution < 1.29 is 33.4 Å². The van der Waals surface area contributed by atoms with E-state index in [2.05, 4.69) is 49.1 Å². The molecule has 0 aliphatic carbocycles. The minimum absolute atomic E-state index is 0.0277. The number of para-hydroxylation sites is 2. The van der Waals surface area contributed by atoms with Gasteiger partial charge in [-0.05, 0) is 115 Å². The fourth-order valence-electron chi connectivity index (χ4n) is 11.0. The molecule has 0 radical (unpaired) electrons. The van der Waals surface area contributed by atoms with Gasteiger partial charge in [0.2, 0.25) is 11.8 Å². The molecule has 6 aromatic rings. The molecule has 2 aromatic heterocycles. The van der Waals surface area contributed by atoms with E-state index in [9.17, 15) is 24.0 Å². The Morgan fingerprint density at radius 2 is 1.01 bits per heavy atom. The molecule has 4 aliphatic heterocycles. The van der Waals surface area contributed by atoms with Crippen molar-refractivity contribution >= 4 is 46.7 Å². The number of nitrogens with zero attached hydrogens (tertiary/aromatic N) is 11. The number of nitrogens with two attached hydrogens (primary N) is 1. The van der Waals surface area contributed by atoms with Gasteiger partial charge < -0.3 is 49.5 Å². The fraction of sp³-hybridized carbons (Fsp3) is 0.379. The highest BCUT2D eigenvalue weighted by atomic mass is 16.5. The molecule has 77 heavy (non-hydrogen) atoms. The quantitative estimate of drug-likeness (QED) is 0.121. The van der Waals surface area contributed by atoms with Crippen LogP contribution in [0.3, 0.4) is 0 Å². The van der Waals surface area contributed by atoms with E-state index in [1.165, 1.54) is 0 Å². The summed E-state index contributed by atoms with van der Waals surface area (Å²) in [7, 11) is 6.82. The van der Waals surface area contributed by atoms with Gasteiger partial charge in [-0.25, -0.2) is 4.68 Å². The summed E-state index contributed by atoms with van der Waals surface area (Å²) in [5.41, 5.74) is 13.9. The van der Waals surface area contributed by atoms with Crippen molar-refractivity contribution in [1.82, 2.24) is 39.2 Å². The Hall–Kier alpha value is -8.66. The number of amides is 5. The highest BCUT2D eigenvalue weighted by Crippen LogP contribution is 2.36. The standard InChI is InChI=1S/C29H34N6O4.C29H32N6O3/c1-19(36)32(2)18-20-6-4-5-7-25(20)33-15-12-21(13-16-33)34-17-14-24-26(28(30)37)31-35(27(24)29(34)38)22-8-10-23(39-3)11-9-22;1-20(36)32(3)19-21-7-5-6-8-26(21)33-16-13-22(14-17-33)34-18-15-25-27(29(34)37)35(31-28(25)30-2)23-9-11-24(38-4)12-10-23/h4-11,21H,12-18H2,1-3H3,(H2,30,37);5-12,22H,13-19H2,1,3-4H3. The number of hydrogen-bond donors (Lipinski definition) is 1. The average Bonchev–Trinajstić information content (AvgIpc) is 4.09. The van der Waals surface area contributed by atoms with Gasteiger partial charge in [-0.1, -0.05) is 43.0 Å². The van der Waals surface area contributed by atoms with Crippen molar-refractivity contribution in [2.75, 3.05) is 77.4 Å². The molecule has 0 unspecified atom stereocenters. The summed E-state index contributed by atoms with van der Waals surface area (Å²) in [6, 6.07) is 31.2. The number of anilines is 2. The molecular weight excluding hydrogens is 977 g/mol. The lowest BCUT2D eigenvalue weighted by Crippen LogP contribution is -2.50. The number of fused-ring (bicyclic) bond motifs is 2. The lowest BCUT2D eigenvalue weighted by atomic mass is 9.96. The topological polar surface area (TPSA) is 189 Å². The Bertz CT molecular complexity index is 3200. The van der Waals surface area contributed by atoms with Crippen LogP contribution in [0.1, 0.15) is 93.2 Å². The number of piperidine rings is 2. The number of carbonyl (C=O) groups is 5. The third-order valence-electron chi connectivity index (χ3n) is 15.4. The molecule has 0 bridgehead atoms. The number of methoxy groups -OCH3 is 2. The van der Waals surface area contributed by atoms with Crippen LogP contribution < -0.4 is 25.0 Å². The number of hydrogen-bond acceptors (Lipinski definition) is 11. The first-order chi connectivity index (χ1) is 37.2. The van der Waals surface area contributed by atoms with Crippen LogP contribution >= 0.6 is 0 Å². The molecule has 19 heteroatoms. The summed E-state index contributed by atoms with van der Waals surface area (Å²) in [4.78, 5) is 79.1. The van der Waals surface area contributed by atoms with Crippen LogP contribution in [0.25, 0.3) is 16.2 Å². The smallest absolute Gasteiger partial charge is 0.300 e. The molecular formula is C58H66N12O7. The minimum atomic E-state index is -0.637. The van der Waals surface area contributed by atoms with Crippen molar-refractivity contribution in [3.05, 3.63) is 148 Å². The van der Waals surface area contributed by atoms with E-state index < -0.39 is 5.91 Å². The zero-order valence-corrected chi connectivity index (χ0v) is 44.6. The molecule has 19 nitrogen and oxygen atoms in total. The zero-order valence-electron chi connectivity index (χ0n) is 44.6. The fourth-order valence-corrected chi connectivity index (χ4v) is 11.0. The molecule has 6 heterocycles. The van der Waals surface area contributed by atoms with E-state index in [1.807, 2.05) is 84.6 Å². The summed E-state index contributed by atoms with van der Waals surface area (Å²) in [6.07, 6.45) is 4.48. The van der Waals surface area contributed by atoms with Crippen LogP contribution in [0.15, 0.2) is 97.1 Å². The van der Waals surface area contributed by atoms with Gasteiger partial charge in [-0.15, -0.1) is 0 Å². The van der Waals surface area contributed by atoms with Crippen molar-refractivity contribution in [1.29, 1.82) is 0 Å². The maximum atomic E-state index is 13.9. The van der Waals surface area contributed by atoms with Crippen molar-refractivity contribution in [2.24, 2.45) is 5.73 Å². The van der Waals surface area contributed by atoms with E-state index in [4.69, 9.17) is 21.8 Å². The number of carbonyl (C=O) groups excluding carboxylic acids is 5. The van der Waals surface area contributed by atoms with E-state index >= 15 is 0 Å². The molecule has 5 amide bonds. The molecule has 0 atom stereocenters. The lowest BCUT2D eigenvalue weighted by Gasteiger charge is -2.41. The first kappa shape index (κ1) is 53.2. The molecule has 10 rings (SSSR count). The highest BCUT2D eigenvalue weighted by molar-refractivity contribution is 6.01. The first-order valence-corrected chi connectivity index (χ1v) is 26.1. The minimum Gasteiger partial charge on any atom is -0.497 e. The number of benzene rings is 4.